The summed E-state index contributed by atoms with van der Waals surface area (Å²) < 4.78 is 17.1. The normalized spacial score (nSPS) is 29.2. The van der Waals surface area contributed by atoms with Crippen molar-refractivity contribution in [3.63, 3.8) is 0 Å². The highest BCUT2D eigenvalue weighted by Crippen LogP contribution is 2.35. The van der Waals surface area contributed by atoms with Crippen molar-refractivity contribution >= 4 is 5.97 Å². The van der Waals surface area contributed by atoms with Crippen molar-refractivity contribution in [3.8, 4) is 0 Å². The molecular weight excluding hydrogens is 352 g/mol. The van der Waals surface area contributed by atoms with E-state index in [-0.39, 0.29) is 11.9 Å². The lowest BCUT2D eigenvalue weighted by Gasteiger charge is -2.34. The molecule has 0 radical (unpaired) electrons. The highest BCUT2D eigenvalue weighted by molar-refractivity contribution is 5.86. The van der Waals surface area contributed by atoms with Crippen LogP contribution in [-0.2, 0) is 19.0 Å². The first-order chi connectivity index (χ1) is 13.5. The molecule has 0 saturated heterocycles. The summed E-state index contributed by atoms with van der Waals surface area (Å²) in [7, 11) is 1.72. The Morgan fingerprint density at radius 1 is 1.00 bits per heavy atom. The second-order valence-electron chi connectivity index (χ2n) is 9.14. The van der Waals surface area contributed by atoms with Crippen molar-refractivity contribution in [2.24, 2.45) is 23.7 Å². The van der Waals surface area contributed by atoms with E-state index in [4.69, 9.17) is 14.2 Å². The SMILES string of the molecule is C=C(C)C(=O)OCC(COC)C1CCC(COC2CCC(CCC)CC2)CC1. The molecular formula is C24H42O4. The molecule has 0 aromatic carbocycles. The summed E-state index contributed by atoms with van der Waals surface area (Å²) >= 11 is 0. The molecule has 2 fully saturated rings. The van der Waals surface area contributed by atoms with Gasteiger partial charge in [0.1, 0.15) is 0 Å². The van der Waals surface area contributed by atoms with Crippen molar-refractivity contribution in [1.29, 1.82) is 0 Å². The van der Waals surface area contributed by atoms with Crippen LogP contribution in [0.5, 0.6) is 0 Å². The van der Waals surface area contributed by atoms with Gasteiger partial charge in [-0.05, 0) is 76.0 Å². The van der Waals surface area contributed by atoms with Gasteiger partial charge in [-0.25, -0.2) is 4.79 Å². The number of carbonyl (C=O) groups excluding carboxylic acids is 1. The lowest BCUT2D eigenvalue weighted by atomic mass is 9.76. The van der Waals surface area contributed by atoms with Crippen LogP contribution < -0.4 is 0 Å². The Kier molecular flexibility index (Phi) is 10.6. The van der Waals surface area contributed by atoms with Crippen LogP contribution in [0.25, 0.3) is 0 Å². The van der Waals surface area contributed by atoms with E-state index in [2.05, 4.69) is 13.5 Å². The van der Waals surface area contributed by atoms with Gasteiger partial charge in [0.25, 0.3) is 0 Å². The molecule has 0 aromatic rings. The van der Waals surface area contributed by atoms with Crippen LogP contribution in [0.1, 0.15) is 78.1 Å². The molecule has 2 aliphatic rings. The minimum absolute atomic E-state index is 0.281. The molecule has 0 bridgehead atoms. The average Bonchev–Trinajstić information content (AvgIpc) is 2.71. The fourth-order valence-corrected chi connectivity index (χ4v) is 4.93. The third-order valence-electron chi connectivity index (χ3n) is 6.77. The van der Waals surface area contributed by atoms with Gasteiger partial charge in [-0.2, -0.15) is 0 Å². The molecule has 2 saturated carbocycles. The minimum Gasteiger partial charge on any atom is -0.462 e. The topological polar surface area (TPSA) is 44.8 Å². The lowest BCUT2D eigenvalue weighted by Crippen LogP contribution is -2.31. The monoisotopic (exact) mass is 394 g/mol. The molecule has 1 atom stereocenters. The van der Waals surface area contributed by atoms with Crippen molar-refractivity contribution in [2.75, 3.05) is 26.9 Å². The number of carbonyl (C=O) groups is 1. The maximum Gasteiger partial charge on any atom is 0.333 e. The molecule has 2 aliphatic carbocycles. The smallest absolute Gasteiger partial charge is 0.333 e. The number of esters is 1. The first kappa shape index (κ1) is 23.4. The van der Waals surface area contributed by atoms with Crippen molar-refractivity contribution < 1.29 is 19.0 Å². The van der Waals surface area contributed by atoms with Gasteiger partial charge in [-0.3, -0.25) is 0 Å². The zero-order chi connectivity index (χ0) is 20.4. The number of ether oxygens (including phenoxy) is 3. The summed E-state index contributed by atoms with van der Waals surface area (Å²) in [6, 6.07) is 0. The molecule has 0 spiro atoms. The van der Waals surface area contributed by atoms with E-state index in [1.54, 1.807) is 14.0 Å². The van der Waals surface area contributed by atoms with Crippen LogP contribution >= 0.6 is 0 Å². The van der Waals surface area contributed by atoms with Gasteiger partial charge in [-0.15, -0.1) is 0 Å². The molecule has 0 N–H and O–H groups in total. The van der Waals surface area contributed by atoms with E-state index < -0.39 is 0 Å². The molecule has 4 heteroatoms. The number of hydrogen-bond acceptors (Lipinski definition) is 4. The van der Waals surface area contributed by atoms with Gasteiger partial charge in [0.15, 0.2) is 0 Å². The summed E-state index contributed by atoms with van der Waals surface area (Å²) in [5.41, 5.74) is 0.459. The largest absolute Gasteiger partial charge is 0.462 e. The van der Waals surface area contributed by atoms with Gasteiger partial charge < -0.3 is 14.2 Å². The number of methoxy groups -OCH3 is 1. The molecule has 0 amide bonds. The average molecular weight is 395 g/mol. The highest BCUT2D eigenvalue weighted by Gasteiger charge is 2.29. The molecule has 162 valence electrons. The van der Waals surface area contributed by atoms with E-state index in [1.807, 2.05) is 0 Å². The predicted molar refractivity (Wildman–Crippen MR) is 113 cm³/mol. The van der Waals surface area contributed by atoms with Gasteiger partial charge in [0.05, 0.1) is 19.3 Å². The van der Waals surface area contributed by atoms with Crippen LogP contribution in [0.2, 0.25) is 0 Å². The third kappa shape index (κ3) is 7.87. The Morgan fingerprint density at radius 2 is 1.64 bits per heavy atom. The Bertz CT molecular complexity index is 459. The van der Waals surface area contributed by atoms with Crippen LogP contribution in [0.4, 0.5) is 0 Å². The molecule has 0 heterocycles. The fourth-order valence-electron chi connectivity index (χ4n) is 4.93. The zero-order valence-corrected chi connectivity index (χ0v) is 18.4. The Morgan fingerprint density at radius 3 is 2.21 bits per heavy atom. The van der Waals surface area contributed by atoms with E-state index in [0.717, 1.165) is 12.5 Å². The van der Waals surface area contributed by atoms with Crippen molar-refractivity contribution in [3.05, 3.63) is 12.2 Å². The van der Waals surface area contributed by atoms with E-state index in [9.17, 15) is 4.79 Å². The van der Waals surface area contributed by atoms with Crippen LogP contribution in [0, 0.1) is 23.7 Å². The Balaban J connectivity index is 1.66. The predicted octanol–water partition coefficient (Wildman–Crippen LogP) is 5.55. The summed E-state index contributed by atoms with van der Waals surface area (Å²) in [6.07, 6.45) is 13.2. The van der Waals surface area contributed by atoms with Crippen molar-refractivity contribution in [2.45, 2.75) is 84.2 Å². The Labute approximate surface area is 172 Å². The second kappa shape index (κ2) is 12.6. The molecule has 0 aromatic heterocycles. The quantitative estimate of drug-likeness (QED) is 0.340. The van der Waals surface area contributed by atoms with Gasteiger partial charge in [-0.1, -0.05) is 26.3 Å². The lowest BCUT2D eigenvalue weighted by molar-refractivity contribution is -0.141. The minimum atomic E-state index is -0.295. The zero-order valence-electron chi connectivity index (χ0n) is 18.4. The summed E-state index contributed by atoms with van der Waals surface area (Å²) in [5, 5.41) is 0. The molecule has 2 rings (SSSR count). The van der Waals surface area contributed by atoms with E-state index >= 15 is 0 Å². The maximum atomic E-state index is 11.7. The molecule has 4 nitrogen and oxygen atoms in total. The Hall–Kier alpha value is -0.870. The van der Waals surface area contributed by atoms with Gasteiger partial charge in [0.2, 0.25) is 0 Å². The summed E-state index contributed by atoms with van der Waals surface area (Å²) in [4.78, 5) is 11.7. The molecule has 1 unspecified atom stereocenters. The molecule has 0 aliphatic heterocycles. The van der Waals surface area contributed by atoms with Crippen LogP contribution in [0.3, 0.4) is 0 Å². The standard InChI is InChI=1S/C24H42O4/c1-5-6-19-9-13-23(14-10-19)27-15-20-7-11-21(12-8-20)22(16-26-4)17-28-24(25)18(2)3/h19-23H,2,5-17H2,1,3-4H3. The second-order valence-corrected chi connectivity index (χ2v) is 9.14. The number of hydrogen-bond donors (Lipinski definition) is 0. The first-order valence-corrected chi connectivity index (χ1v) is 11.5. The van der Waals surface area contributed by atoms with Crippen molar-refractivity contribution in [1.82, 2.24) is 0 Å². The highest BCUT2D eigenvalue weighted by atomic mass is 16.5. The van der Waals surface area contributed by atoms with Gasteiger partial charge in [0, 0.05) is 25.2 Å². The third-order valence-corrected chi connectivity index (χ3v) is 6.77. The van der Waals surface area contributed by atoms with Gasteiger partial charge >= 0.3 is 5.97 Å². The van der Waals surface area contributed by atoms with Crippen LogP contribution in [0.15, 0.2) is 12.2 Å². The van der Waals surface area contributed by atoms with E-state index in [0.29, 0.717) is 36.7 Å². The van der Waals surface area contributed by atoms with Crippen LogP contribution in [-0.4, -0.2) is 39.0 Å². The summed E-state index contributed by atoms with van der Waals surface area (Å²) in [5.74, 6) is 2.18. The van der Waals surface area contributed by atoms with E-state index in [1.165, 1.54) is 64.2 Å². The fraction of sp³-hybridized carbons (Fsp3) is 0.875. The first-order valence-electron chi connectivity index (χ1n) is 11.5. The number of rotatable bonds is 11. The summed E-state index contributed by atoms with van der Waals surface area (Å²) in [6.45, 7) is 9.65. The maximum absolute atomic E-state index is 11.7. The molecule has 28 heavy (non-hydrogen) atoms.